The Morgan fingerprint density at radius 3 is 3.00 bits per heavy atom. The van der Waals surface area contributed by atoms with Crippen molar-refractivity contribution in [1.82, 2.24) is 19.9 Å². The van der Waals surface area contributed by atoms with Gasteiger partial charge in [0.1, 0.15) is 11.9 Å². The second-order valence-corrected chi connectivity index (χ2v) is 8.10. The Kier molecular flexibility index (Phi) is 5.03. The van der Waals surface area contributed by atoms with Crippen molar-refractivity contribution >= 4 is 11.7 Å². The molecule has 2 aromatic rings. The first-order chi connectivity index (χ1) is 13.6. The van der Waals surface area contributed by atoms with E-state index in [4.69, 9.17) is 0 Å². The Bertz CT molecular complexity index is 887. The highest BCUT2D eigenvalue weighted by Gasteiger charge is 2.42. The molecule has 0 saturated carbocycles. The lowest BCUT2D eigenvalue weighted by Gasteiger charge is -2.48. The minimum absolute atomic E-state index is 0.0816. The molecule has 1 N–H and O–H groups in total. The molecule has 28 heavy (non-hydrogen) atoms. The van der Waals surface area contributed by atoms with Crippen molar-refractivity contribution in [2.75, 3.05) is 31.1 Å². The molecular weight excluding hydrogens is 352 g/mol. The monoisotopic (exact) mass is 378 g/mol. The second kappa shape index (κ2) is 7.63. The lowest BCUT2D eigenvalue weighted by Crippen LogP contribution is -2.54. The average Bonchev–Trinajstić information content (AvgIpc) is 3.23. The number of pyridine rings is 1. The van der Waals surface area contributed by atoms with Crippen molar-refractivity contribution in [1.29, 1.82) is 5.26 Å². The first kappa shape index (κ1) is 18.5. The molecule has 0 aliphatic carbocycles. The number of H-pyrrole nitrogens is 1. The molecular formula is C21H26N6O. The number of piperidine rings is 2. The number of imidazole rings is 1. The molecule has 146 valence electrons. The number of nitrogens with zero attached hydrogens (tertiary/aromatic N) is 5. The molecule has 2 aromatic heterocycles. The van der Waals surface area contributed by atoms with Crippen molar-refractivity contribution in [3.8, 4) is 6.07 Å². The third kappa shape index (κ3) is 3.72. The van der Waals surface area contributed by atoms with Gasteiger partial charge < -0.3 is 14.8 Å². The van der Waals surface area contributed by atoms with Crippen LogP contribution in [-0.2, 0) is 11.2 Å². The average molecular weight is 378 g/mol. The number of aromatic amines is 1. The van der Waals surface area contributed by atoms with Gasteiger partial charge in [-0.3, -0.25) is 4.79 Å². The van der Waals surface area contributed by atoms with E-state index in [0.717, 1.165) is 69.1 Å². The third-order valence-corrected chi connectivity index (χ3v) is 6.05. The van der Waals surface area contributed by atoms with Gasteiger partial charge in [0.15, 0.2) is 0 Å². The maximum absolute atomic E-state index is 12.5. The van der Waals surface area contributed by atoms with E-state index in [1.54, 1.807) is 6.33 Å². The molecule has 7 nitrogen and oxygen atoms in total. The quantitative estimate of drug-likeness (QED) is 0.883. The van der Waals surface area contributed by atoms with Crippen LogP contribution in [0.15, 0.2) is 24.7 Å². The molecule has 0 aromatic carbocycles. The number of amides is 1. The molecule has 1 atom stereocenters. The molecule has 2 saturated heterocycles. The zero-order chi connectivity index (χ0) is 19.6. The van der Waals surface area contributed by atoms with Crippen LogP contribution in [0.2, 0.25) is 0 Å². The van der Waals surface area contributed by atoms with Crippen LogP contribution in [0.1, 0.15) is 42.6 Å². The topological polar surface area (TPSA) is 88.9 Å². The van der Waals surface area contributed by atoms with Gasteiger partial charge in [-0.1, -0.05) is 0 Å². The molecule has 0 radical (unpaired) electrons. The van der Waals surface area contributed by atoms with Crippen molar-refractivity contribution in [2.24, 2.45) is 5.41 Å². The number of aromatic nitrogens is 3. The van der Waals surface area contributed by atoms with E-state index in [2.05, 4.69) is 25.9 Å². The zero-order valence-corrected chi connectivity index (χ0v) is 16.3. The normalized spacial score (nSPS) is 22.5. The highest BCUT2D eigenvalue weighted by molar-refractivity contribution is 5.77. The largest absolute Gasteiger partial charge is 0.355 e. The number of likely N-dealkylation sites (tertiary alicyclic amines) is 1. The fourth-order valence-electron chi connectivity index (χ4n) is 4.58. The maximum Gasteiger partial charge on any atom is 0.222 e. The van der Waals surface area contributed by atoms with E-state index in [1.165, 1.54) is 0 Å². The summed E-state index contributed by atoms with van der Waals surface area (Å²) in [7, 11) is 0. The van der Waals surface area contributed by atoms with E-state index >= 15 is 0 Å². The van der Waals surface area contributed by atoms with E-state index < -0.39 is 0 Å². The number of aryl methyl sites for hydroxylation is 1. The summed E-state index contributed by atoms with van der Waals surface area (Å²) in [5.41, 5.74) is 2.69. The fourth-order valence-corrected chi connectivity index (χ4v) is 4.58. The van der Waals surface area contributed by atoms with Crippen LogP contribution in [0.3, 0.4) is 0 Å². The molecule has 0 bridgehead atoms. The predicted octanol–water partition coefficient (Wildman–Crippen LogP) is 2.44. The SMILES string of the molecule is Cc1ccc(C#N)c(N2CCC[C@@]3(CCC(=O)N(CCc4cnc[nH]4)C3)C2)n1. The first-order valence-electron chi connectivity index (χ1n) is 9.96. The van der Waals surface area contributed by atoms with Gasteiger partial charge in [0.2, 0.25) is 5.91 Å². The van der Waals surface area contributed by atoms with E-state index in [1.807, 2.05) is 30.2 Å². The number of carbonyl (C=O) groups is 1. The van der Waals surface area contributed by atoms with Gasteiger partial charge in [0, 0.05) is 62.0 Å². The van der Waals surface area contributed by atoms with E-state index in [9.17, 15) is 10.1 Å². The summed E-state index contributed by atoms with van der Waals surface area (Å²) in [6.07, 6.45) is 7.98. The molecule has 4 heterocycles. The van der Waals surface area contributed by atoms with Crippen molar-refractivity contribution in [3.05, 3.63) is 41.6 Å². The molecule has 4 rings (SSSR count). The lowest BCUT2D eigenvalue weighted by atomic mass is 9.73. The molecule has 2 aliphatic rings. The zero-order valence-electron chi connectivity index (χ0n) is 16.3. The Hall–Kier alpha value is -2.88. The van der Waals surface area contributed by atoms with Gasteiger partial charge in [-0.25, -0.2) is 9.97 Å². The smallest absolute Gasteiger partial charge is 0.222 e. The Balaban J connectivity index is 1.50. The number of anilines is 1. The number of rotatable bonds is 4. The summed E-state index contributed by atoms with van der Waals surface area (Å²) in [6.45, 7) is 5.22. The van der Waals surface area contributed by atoms with Gasteiger partial charge in [-0.2, -0.15) is 5.26 Å². The van der Waals surface area contributed by atoms with Crippen LogP contribution in [-0.4, -0.2) is 51.9 Å². The summed E-state index contributed by atoms with van der Waals surface area (Å²) in [4.78, 5) is 28.6. The van der Waals surface area contributed by atoms with Gasteiger partial charge in [0.25, 0.3) is 0 Å². The van der Waals surface area contributed by atoms with E-state index in [0.29, 0.717) is 12.0 Å². The van der Waals surface area contributed by atoms with Crippen LogP contribution in [0.5, 0.6) is 0 Å². The molecule has 7 heteroatoms. The standard InChI is InChI=1S/C21H26N6O/c1-16-3-4-17(11-22)20(25-16)27-9-2-7-21(14-27)8-5-19(28)26(13-21)10-6-18-12-23-15-24-18/h3-4,12,15H,2,5-10,13-14H2,1H3,(H,23,24)/t21-/m0/s1. The van der Waals surface area contributed by atoms with Crippen molar-refractivity contribution in [3.63, 3.8) is 0 Å². The highest BCUT2D eigenvalue weighted by atomic mass is 16.2. The van der Waals surface area contributed by atoms with Crippen LogP contribution >= 0.6 is 0 Å². The number of nitrogens with one attached hydrogen (secondary N) is 1. The van der Waals surface area contributed by atoms with Crippen LogP contribution in [0.25, 0.3) is 0 Å². The molecule has 0 unspecified atom stereocenters. The Morgan fingerprint density at radius 1 is 1.32 bits per heavy atom. The summed E-state index contributed by atoms with van der Waals surface area (Å²) in [6, 6.07) is 6.03. The first-order valence-corrected chi connectivity index (χ1v) is 9.96. The minimum Gasteiger partial charge on any atom is -0.355 e. The van der Waals surface area contributed by atoms with Gasteiger partial charge in [0.05, 0.1) is 11.9 Å². The maximum atomic E-state index is 12.5. The Labute approximate surface area is 165 Å². The number of hydrogen-bond donors (Lipinski definition) is 1. The van der Waals surface area contributed by atoms with E-state index in [-0.39, 0.29) is 11.3 Å². The molecule has 1 spiro atoms. The molecule has 2 aliphatic heterocycles. The van der Waals surface area contributed by atoms with Crippen molar-refractivity contribution < 1.29 is 4.79 Å². The van der Waals surface area contributed by atoms with Gasteiger partial charge in [-0.15, -0.1) is 0 Å². The highest BCUT2D eigenvalue weighted by Crippen LogP contribution is 2.40. The number of nitriles is 1. The second-order valence-electron chi connectivity index (χ2n) is 8.10. The third-order valence-electron chi connectivity index (χ3n) is 6.05. The van der Waals surface area contributed by atoms with Gasteiger partial charge >= 0.3 is 0 Å². The van der Waals surface area contributed by atoms with Crippen LogP contribution in [0, 0.1) is 23.7 Å². The fraction of sp³-hybridized carbons (Fsp3) is 0.524. The summed E-state index contributed by atoms with van der Waals surface area (Å²) in [5.74, 6) is 1.04. The van der Waals surface area contributed by atoms with Crippen LogP contribution in [0.4, 0.5) is 5.82 Å². The Morgan fingerprint density at radius 2 is 2.21 bits per heavy atom. The van der Waals surface area contributed by atoms with Crippen molar-refractivity contribution in [2.45, 2.75) is 39.0 Å². The molecule has 2 fully saturated rings. The number of carbonyl (C=O) groups excluding carboxylic acids is 1. The summed E-state index contributed by atoms with van der Waals surface area (Å²) in [5, 5.41) is 9.50. The summed E-state index contributed by atoms with van der Waals surface area (Å²) >= 11 is 0. The minimum atomic E-state index is 0.0816. The lowest BCUT2D eigenvalue weighted by molar-refractivity contribution is -0.137. The molecule has 1 amide bonds. The van der Waals surface area contributed by atoms with Gasteiger partial charge in [-0.05, 0) is 38.3 Å². The number of hydrogen-bond acceptors (Lipinski definition) is 5. The predicted molar refractivity (Wildman–Crippen MR) is 106 cm³/mol. The van der Waals surface area contributed by atoms with Crippen LogP contribution < -0.4 is 4.90 Å². The summed E-state index contributed by atoms with van der Waals surface area (Å²) < 4.78 is 0.